The molecule has 0 saturated heterocycles. The minimum Gasteiger partial charge on any atom is -0.310 e. The van der Waals surface area contributed by atoms with Gasteiger partial charge in [0.1, 0.15) is 0 Å². The molecule has 2 aromatic carbocycles. The quantitative estimate of drug-likeness (QED) is 0.769. The van der Waals surface area contributed by atoms with Gasteiger partial charge in [-0.05, 0) is 54.8 Å². The molecule has 3 heteroatoms. The van der Waals surface area contributed by atoms with Crippen molar-refractivity contribution in [3.63, 3.8) is 0 Å². The van der Waals surface area contributed by atoms with E-state index in [2.05, 4.69) is 59.4 Å². The number of likely N-dealkylation sites (N-methyl/N-ethyl adjacent to an activating group) is 1. The van der Waals surface area contributed by atoms with E-state index < -0.39 is 0 Å². The van der Waals surface area contributed by atoms with Crippen LogP contribution in [0.25, 0.3) is 0 Å². The van der Waals surface area contributed by atoms with Gasteiger partial charge in [0, 0.05) is 15.5 Å². The third-order valence-corrected chi connectivity index (χ3v) is 4.31. The number of hydrogen-bond acceptors (Lipinski definition) is 1. The van der Waals surface area contributed by atoms with Gasteiger partial charge < -0.3 is 5.32 Å². The molecule has 0 heterocycles. The van der Waals surface area contributed by atoms with Crippen LogP contribution in [-0.4, -0.2) is 6.54 Å². The van der Waals surface area contributed by atoms with Crippen molar-refractivity contribution < 1.29 is 0 Å². The fourth-order valence-corrected chi connectivity index (χ4v) is 3.00. The van der Waals surface area contributed by atoms with E-state index in [1.54, 1.807) is 0 Å². The highest BCUT2D eigenvalue weighted by molar-refractivity contribution is 9.10. The van der Waals surface area contributed by atoms with Gasteiger partial charge in [0.25, 0.3) is 0 Å². The van der Waals surface area contributed by atoms with Gasteiger partial charge in [-0.2, -0.15) is 0 Å². The van der Waals surface area contributed by atoms with Crippen LogP contribution in [0.1, 0.15) is 29.7 Å². The summed E-state index contributed by atoms with van der Waals surface area (Å²) in [7, 11) is 0. The molecule has 0 bridgehead atoms. The van der Waals surface area contributed by atoms with Gasteiger partial charge in [0.15, 0.2) is 0 Å². The predicted molar refractivity (Wildman–Crippen MR) is 90.5 cm³/mol. The van der Waals surface area contributed by atoms with Crippen LogP contribution in [0.15, 0.2) is 46.9 Å². The molecule has 0 fully saturated rings. The molecule has 2 aromatic rings. The third kappa shape index (κ3) is 3.85. The topological polar surface area (TPSA) is 12.0 Å². The summed E-state index contributed by atoms with van der Waals surface area (Å²) in [6.45, 7) is 5.21. The Labute approximate surface area is 134 Å². The van der Waals surface area contributed by atoms with Crippen molar-refractivity contribution in [3.8, 4) is 0 Å². The summed E-state index contributed by atoms with van der Waals surface area (Å²) in [5.41, 5.74) is 3.80. The van der Waals surface area contributed by atoms with Crippen LogP contribution in [0, 0.1) is 6.92 Å². The second kappa shape index (κ2) is 7.26. The summed E-state index contributed by atoms with van der Waals surface area (Å²) in [5, 5.41) is 4.40. The number of nitrogens with one attached hydrogen (secondary N) is 1. The lowest BCUT2D eigenvalue weighted by Crippen LogP contribution is -2.23. The van der Waals surface area contributed by atoms with E-state index in [0.717, 1.165) is 22.5 Å². The molecule has 2 rings (SSSR count). The molecule has 0 aliphatic heterocycles. The Hall–Kier alpha value is -0.830. The Morgan fingerprint density at radius 1 is 1.20 bits per heavy atom. The van der Waals surface area contributed by atoms with E-state index in [0.29, 0.717) is 0 Å². The lowest BCUT2D eigenvalue weighted by molar-refractivity contribution is 0.547. The second-order valence-electron chi connectivity index (χ2n) is 4.91. The van der Waals surface area contributed by atoms with Crippen LogP contribution in [0.2, 0.25) is 5.02 Å². The molecule has 0 amide bonds. The largest absolute Gasteiger partial charge is 0.310 e. The summed E-state index contributed by atoms with van der Waals surface area (Å²) in [5.74, 6) is 0. The molecule has 20 heavy (non-hydrogen) atoms. The lowest BCUT2D eigenvalue weighted by Gasteiger charge is -2.21. The molecule has 106 valence electrons. The van der Waals surface area contributed by atoms with Crippen LogP contribution < -0.4 is 5.32 Å². The van der Waals surface area contributed by atoms with E-state index in [4.69, 9.17) is 11.6 Å². The minimum absolute atomic E-state index is 0.275. The van der Waals surface area contributed by atoms with Crippen LogP contribution in [-0.2, 0) is 6.42 Å². The molecule has 0 aliphatic rings. The minimum atomic E-state index is 0.275. The third-order valence-electron chi connectivity index (χ3n) is 3.45. The zero-order chi connectivity index (χ0) is 14.5. The first-order valence-electron chi connectivity index (χ1n) is 6.84. The van der Waals surface area contributed by atoms with E-state index in [1.807, 2.05) is 18.2 Å². The fourth-order valence-electron chi connectivity index (χ4n) is 2.41. The van der Waals surface area contributed by atoms with Crippen LogP contribution >= 0.6 is 27.5 Å². The van der Waals surface area contributed by atoms with Crippen molar-refractivity contribution >= 4 is 27.5 Å². The van der Waals surface area contributed by atoms with Crippen molar-refractivity contribution in [2.24, 2.45) is 0 Å². The van der Waals surface area contributed by atoms with Crippen LogP contribution in [0.3, 0.4) is 0 Å². The normalized spacial score (nSPS) is 12.4. The Bertz CT molecular complexity index is 583. The molecule has 0 aromatic heterocycles. The van der Waals surface area contributed by atoms with E-state index in [-0.39, 0.29) is 6.04 Å². The number of hydrogen-bond donors (Lipinski definition) is 1. The number of rotatable bonds is 5. The van der Waals surface area contributed by atoms with Gasteiger partial charge in [-0.15, -0.1) is 0 Å². The van der Waals surface area contributed by atoms with Crippen molar-refractivity contribution in [2.45, 2.75) is 26.3 Å². The predicted octanol–water partition coefficient (Wildman–Crippen LogP) is 5.30. The number of benzene rings is 2. The van der Waals surface area contributed by atoms with E-state index >= 15 is 0 Å². The lowest BCUT2D eigenvalue weighted by atomic mass is 9.95. The molecule has 1 N–H and O–H groups in total. The summed E-state index contributed by atoms with van der Waals surface area (Å²) < 4.78 is 1.11. The summed E-state index contributed by atoms with van der Waals surface area (Å²) >= 11 is 9.85. The van der Waals surface area contributed by atoms with Gasteiger partial charge in [-0.3, -0.25) is 0 Å². The highest BCUT2D eigenvalue weighted by atomic mass is 79.9. The smallest absolute Gasteiger partial charge is 0.0438 e. The second-order valence-corrected chi connectivity index (χ2v) is 6.23. The summed E-state index contributed by atoms with van der Waals surface area (Å²) in [6, 6.07) is 14.8. The Morgan fingerprint density at radius 3 is 2.65 bits per heavy atom. The monoisotopic (exact) mass is 351 g/mol. The van der Waals surface area contributed by atoms with Gasteiger partial charge in [0.2, 0.25) is 0 Å². The van der Waals surface area contributed by atoms with Crippen LogP contribution in [0.4, 0.5) is 0 Å². The van der Waals surface area contributed by atoms with Gasteiger partial charge in [-0.1, -0.05) is 58.7 Å². The van der Waals surface area contributed by atoms with Crippen LogP contribution in [0.5, 0.6) is 0 Å². The molecule has 0 radical (unpaired) electrons. The van der Waals surface area contributed by atoms with Gasteiger partial charge in [-0.25, -0.2) is 0 Å². The van der Waals surface area contributed by atoms with Gasteiger partial charge >= 0.3 is 0 Å². The zero-order valence-corrected chi connectivity index (χ0v) is 14.1. The van der Waals surface area contributed by atoms with E-state index in [1.165, 1.54) is 16.7 Å². The molecule has 1 atom stereocenters. The SMILES string of the molecule is CCNC(Cc1ccccc1Cl)c1cc(Br)ccc1C. The first-order valence-corrected chi connectivity index (χ1v) is 8.01. The Morgan fingerprint density at radius 2 is 1.95 bits per heavy atom. The maximum atomic E-state index is 6.29. The Balaban J connectivity index is 2.32. The zero-order valence-electron chi connectivity index (χ0n) is 11.8. The number of halogens is 2. The first-order chi connectivity index (χ1) is 9.61. The first kappa shape index (κ1) is 15.6. The highest BCUT2D eigenvalue weighted by Crippen LogP contribution is 2.27. The number of aryl methyl sites for hydroxylation is 1. The average Bonchev–Trinajstić information content (AvgIpc) is 2.43. The molecule has 1 unspecified atom stereocenters. The van der Waals surface area contributed by atoms with Crippen molar-refractivity contribution in [3.05, 3.63) is 68.7 Å². The summed E-state index contributed by atoms with van der Waals surface area (Å²) in [6.07, 6.45) is 0.894. The van der Waals surface area contributed by atoms with Crippen molar-refractivity contribution in [2.75, 3.05) is 6.54 Å². The molecular weight excluding hydrogens is 334 g/mol. The average molecular weight is 353 g/mol. The Kier molecular flexibility index (Phi) is 5.64. The molecule has 0 saturated carbocycles. The summed E-state index contributed by atoms with van der Waals surface area (Å²) in [4.78, 5) is 0. The molecule has 0 spiro atoms. The molecule has 0 aliphatic carbocycles. The molecule has 1 nitrogen and oxygen atoms in total. The van der Waals surface area contributed by atoms with E-state index in [9.17, 15) is 0 Å². The van der Waals surface area contributed by atoms with Crippen molar-refractivity contribution in [1.82, 2.24) is 5.32 Å². The van der Waals surface area contributed by atoms with Crippen molar-refractivity contribution in [1.29, 1.82) is 0 Å². The maximum Gasteiger partial charge on any atom is 0.0438 e. The standard InChI is InChI=1S/C17H19BrClN/c1-3-20-17(10-13-6-4-5-7-16(13)19)15-11-14(18)9-8-12(15)2/h4-9,11,17,20H,3,10H2,1-2H3. The fraction of sp³-hybridized carbons (Fsp3) is 0.294. The molecular formula is C17H19BrClN. The highest BCUT2D eigenvalue weighted by Gasteiger charge is 2.15. The maximum absolute atomic E-state index is 6.29. The van der Waals surface area contributed by atoms with Gasteiger partial charge in [0.05, 0.1) is 0 Å².